The quantitative estimate of drug-likeness (QED) is 0.431. The smallest absolute Gasteiger partial charge is 0.324 e. The zero-order valence-corrected chi connectivity index (χ0v) is 17.2. The number of hydrogen-bond acceptors (Lipinski definition) is 4. The highest BCUT2D eigenvalue weighted by Crippen LogP contribution is 2.22. The Morgan fingerprint density at radius 2 is 1.73 bits per heavy atom. The first-order valence-electron chi connectivity index (χ1n) is 9.53. The molecular formula is C22H21N5O2S. The molecule has 0 spiro atoms. The second-order valence-corrected chi connectivity index (χ2v) is 7.75. The van der Waals surface area contributed by atoms with Gasteiger partial charge in [-0.2, -0.15) is 0 Å². The minimum Gasteiger partial charge on any atom is -0.350 e. The van der Waals surface area contributed by atoms with Crippen molar-refractivity contribution >= 4 is 45.0 Å². The van der Waals surface area contributed by atoms with Gasteiger partial charge in [0.2, 0.25) is 0 Å². The Labute approximate surface area is 177 Å². The molecule has 3 amide bonds. The minimum atomic E-state index is -0.350. The first-order chi connectivity index (χ1) is 14.6. The molecular weight excluding hydrogens is 398 g/mol. The number of para-hydroxylation sites is 3. The van der Waals surface area contributed by atoms with Crippen LogP contribution in [0.15, 0.2) is 66.7 Å². The molecule has 0 fully saturated rings. The van der Waals surface area contributed by atoms with Gasteiger partial charge in [-0.3, -0.25) is 10.1 Å². The number of nitrogens with zero attached hydrogens (tertiary/aromatic N) is 2. The van der Waals surface area contributed by atoms with E-state index in [0.717, 1.165) is 16.9 Å². The van der Waals surface area contributed by atoms with Crippen LogP contribution in [0.1, 0.15) is 15.5 Å². The van der Waals surface area contributed by atoms with Crippen LogP contribution in [0, 0.1) is 6.92 Å². The summed E-state index contributed by atoms with van der Waals surface area (Å²) in [6, 6.07) is 20.2. The fraction of sp³-hybridized carbons (Fsp3) is 0.136. The summed E-state index contributed by atoms with van der Waals surface area (Å²) in [6.45, 7) is 3.07. The van der Waals surface area contributed by atoms with E-state index in [1.54, 1.807) is 24.3 Å². The number of nitrogens with one attached hydrogen (secondary N) is 3. The fourth-order valence-electron chi connectivity index (χ4n) is 3.17. The van der Waals surface area contributed by atoms with Crippen LogP contribution < -0.4 is 16.0 Å². The zero-order chi connectivity index (χ0) is 20.9. The Morgan fingerprint density at radius 1 is 0.967 bits per heavy atom. The molecule has 30 heavy (non-hydrogen) atoms. The molecule has 0 saturated carbocycles. The number of benzene rings is 2. The molecule has 0 saturated heterocycles. The van der Waals surface area contributed by atoms with Gasteiger partial charge in [-0.05, 0) is 43.3 Å². The van der Waals surface area contributed by atoms with E-state index in [1.807, 2.05) is 49.4 Å². The molecule has 2 heterocycles. The SMILES string of the molecule is Cc1nc2ccccc2n1CCNC(=O)c1ccc(NC(=O)Nc2ccccc2)s1. The number of amides is 3. The molecule has 0 aliphatic carbocycles. The van der Waals surface area contributed by atoms with E-state index in [-0.39, 0.29) is 11.9 Å². The van der Waals surface area contributed by atoms with Crippen molar-refractivity contribution in [2.75, 3.05) is 17.2 Å². The molecule has 4 aromatic rings. The average Bonchev–Trinajstić information content (AvgIpc) is 3.33. The summed E-state index contributed by atoms with van der Waals surface area (Å²) in [5.74, 6) is 0.746. The van der Waals surface area contributed by atoms with E-state index < -0.39 is 0 Å². The number of thiophene rings is 1. The number of aryl methyl sites for hydroxylation is 1. The molecule has 0 bridgehead atoms. The van der Waals surface area contributed by atoms with Crippen LogP contribution in [0.25, 0.3) is 11.0 Å². The third kappa shape index (κ3) is 4.49. The van der Waals surface area contributed by atoms with Crippen molar-refractivity contribution in [3.05, 3.63) is 77.4 Å². The highest BCUT2D eigenvalue weighted by atomic mass is 32.1. The molecule has 3 N–H and O–H groups in total. The molecule has 7 nitrogen and oxygen atoms in total. The Balaban J connectivity index is 1.30. The molecule has 2 aromatic carbocycles. The topological polar surface area (TPSA) is 88.1 Å². The molecule has 0 aliphatic heterocycles. The Bertz CT molecular complexity index is 1180. The number of fused-ring (bicyclic) bond motifs is 1. The molecule has 0 atom stereocenters. The van der Waals surface area contributed by atoms with Crippen molar-refractivity contribution in [2.24, 2.45) is 0 Å². The molecule has 2 aromatic heterocycles. The van der Waals surface area contributed by atoms with Crippen molar-refractivity contribution in [3.8, 4) is 0 Å². The summed E-state index contributed by atoms with van der Waals surface area (Å²) in [6.07, 6.45) is 0. The number of carbonyl (C=O) groups is 2. The van der Waals surface area contributed by atoms with Crippen LogP contribution in [-0.4, -0.2) is 28.0 Å². The van der Waals surface area contributed by atoms with Gasteiger partial charge in [-0.1, -0.05) is 30.3 Å². The lowest BCUT2D eigenvalue weighted by molar-refractivity contribution is 0.0956. The van der Waals surface area contributed by atoms with Crippen LogP contribution in [-0.2, 0) is 6.54 Å². The number of rotatable bonds is 6. The predicted octanol–water partition coefficient (Wildman–Crippen LogP) is 4.48. The van der Waals surface area contributed by atoms with Gasteiger partial charge < -0.3 is 15.2 Å². The third-order valence-corrected chi connectivity index (χ3v) is 5.56. The van der Waals surface area contributed by atoms with Crippen molar-refractivity contribution in [2.45, 2.75) is 13.5 Å². The van der Waals surface area contributed by atoms with Gasteiger partial charge in [-0.25, -0.2) is 9.78 Å². The minimum absolute atomic E-state index is 0.168. The van der Waals surface area contributed by atoms with E-state index in [1.165, 1.54) is 11.3 Å². The van der Waals surface area contributed by atoms with Crippen LogP contribution in [0.2, 0.25) is 0 Å². The Hall–Kier alpha value is -3.65. The number of hydrogen-bond donors (Lipinski definition) is 3. The summed E-state index contributed by atoms with van der Waals surface area (Å²) in [5, 5.41) is 9.03. The number of urea groups is 1. The lowest BCUT2D eigenvalue weighted by Crippen LogP contribution is -2.26. The van der Waals surface area contributed by atoms with Gasteiger partial charge in [0.15, 0.2) is 0 Å². The Kier molecular flexibility index (Phi) is 5.76. The molecule has 8 heteroatoms. The third-order valence-electron chi connectivity index (χ3n) is 4.56. The van der Waals surface area contributed by atoms with Crippen LogP contribution in [0.3, 0.4) is 0 Å². The van der Waals surface area contributed by atoms with E-state index in [9.17, 15) is 9.59 Å². The van der Waals surface area contributed by atoms with Gasteiger partial charge in [0.05, 0.1) is 20.9 Å². The summed E-state index contributed by atoms with van der Waals surface area (Å²) in [5.41, 5.74) is 2.70. The lowest BCUT2D eigenvalue weighted by atomic mass is 10.3. The summed E-state index contributed by atoms with van der Waals surface area (Å²) in [4.78, 5) is 29.6. The summed E-state index contributed by atoms with van der Waals surface area (Å²) >= 11 is 1.23. The number of aromatic nitrogens is 2. The van der Waals surface area contributed by atoms with E-state index in [4.69, 9.17) is 0 Å². The maximum atomic E-state index is 12.5. The van der Waals surface area contributed by atoms with E-state index in [2.05, 4.69) is 25.5 Å². The zero-order valence-electron chi connectivity index (χ0n) is 16.4. The molecule has 152 valence electrons. The first kappa shape index (κ1) is 19.7. The van der Waals surface area contributed by atoms with Crippen LogP contribution in [0.4, 0.5) is 15.5 Å². The molecule has 0 aliphatic rings. The fourth-order valence-corrected chi connectivity index (χ4v) is 3.99. The average molecular weight is 420 g/mol. The molecule has 0 unspecified atom stereocenters. The van der Waals surface area contributed by atoms with Crippen molar-refractivity contribution in [3.63, 3.8) is 0 Å². The molecule has 4 rings (SSSR count). The standard InChI is InChI=1S/C22H21N5O2S/c1-15-24-17-9-5-6-10-18(17)27(15)14-13-23-21(28)19-11-12-20(30-19)26-22(29)25-16-7-3-2-4-8-16/h2-12H,13-14H2,1H3,(H,23,28)(H2,25,26,29). The van der Waals surface area contributed by atoms with Gasteiger partial charge in [0, 0.05) is 18.8 Å². The molecule has 0 radical (unpaired) electrons. The van der Waals surface area contributed by atoms with Gasteiger partial charge in [-0.15, -0.1) is 11.3 Å². The monoisotopic (exact) mass is 419 g/mol. The van der Waals surface area contributed by atoms with Gasteiger partial charge in [0.25, 0.3) is 5.91 Å². The largest absolute Gasteiger partial charge is 0.350 e. The number of imidazole rings is 1. The normalized spacial score (nSPS) is 10.7. The number of carbonyl (C=O) groups excluding carboxylic acids is 2. The summed E-state index contributed by atoms with van der Waals surface area (Å²) < 4.78 is 2.09. The highest BCUT2D eigenvalue weighted by Gasteiger charge is 2.12. The first-order valence-corrected chi connectivity index (χ1v) is 10.3. The maximum Gasteiger partial charge on any atom is 0.324 e. The highest BCUT2D eigenvalue weighted by molar-refractivity contribution is 7.18. The van der Waals surface area contributed by atoms with Gasteiger partial charge >= 0.3 is 6.03 Å². The van der Waals surface area contributed by atoms with E-state index in [0.29, 0.717) is 28.7 Å². The Morgan fingerprint density at radius 3 is 2.57 bits per heavy atom. The second kappa shape index (κ2) is 8.79. The predicted molar refractivity (Wildman–Crippen MR) is 120 cm³/mol. The second-order valence-electron chi connectivity index (χ2n) is 6.66. The van der Waals surface area contributed by atoms with Gasteiger partial charge in [0.1, 0.15) is 5.82 Å². The van der Waals surface area contributed by atoms with Crippen LogP contribution in [0.5, 0.6) is 0 Å². The summed E-state index contributed by atoms with van der Waals surface area (Å²) in [7, 11) is 0. The maximum absolute atomic E-state index is 12.5. The number of anilines is 2. The van der Waals surface area contributed by atoms with E-state index >= 15 is 0 Å². The van der Waals surface area contributed by atoms with Crippen molar-refractivity contribution < 1.29 is 9.59 Å². The van der Waals surface area contributed by atoms with Crippen molar-refractivity contribution in [1.29, 1.82) is 0 Å². The van der Waals surface area contributed by atoms with Crippen molar-refractivity contribution in [1.82, 2.24) is 14.9 Å². The lowest BCUT2D eigenvalue weighted by Gasteiger charge is -2.08. The van der Waals surface area contributed by atoms with Crippen LogP contribution >= 0.6 is 11.3 Å².